The van der Waals surface area contributed by atoms with Crippen molar-refractivity contribution in [2.24, 2.45) is 5.73 Å². The maximum atomic E-state index is 10.5. The molecule has 8 heteroatoms. The average molecular weight is 262 g/mol. The number of aliphatic carboxylic acids is 1. The van der Waals surface area contributed by atoms with Crippen LogP contribution in [0.5, 0.6) is 0 Å². The Hall–Kier alpha value is -2.19. The second-order valence-electron chi connectivity index (χ2n) is 2.80. The van der Waals surface area contributed by atoms with Gasteiger partial charge in [0.05, 0.1) is 0 Å². The summed E-state index contributed by atoms with van der Waals surface area (Å²) in [4.78, 5) is 34.6. The molecule has 0 heterocycles. The Balaban J connectivity index is -0.000000277. The van der Waals surface area contributed by atoms with Gasteiger partial charge < -0.3 is 21.2 Å². The van der Waals surface area contributed by atoms with Gasteiger partial charge in [-0.3, -0.25) is 4.79 Å². The molecule has 0 saturated heterocycles. The van der Waals surface area contributed by atoms with E-state index in [4.69, 9.17) is 5.11 Å². The predicted molar refractivity (Wildman–Crippen MR) is 64.2 cm³/mol. The van der Waals surface area contributed by atoms with Crippen LogP contribution in [-0.2, 0) is 19.2 Å². The van der Waals surface area contributed by atoms with Crippen molar-refractivity contribution in [1.29, 1.82) is 0 Å². The van der Waals surface area contributed by atoms with E-state index in [-0.39, 0.29) is 5.48 Å². The van der Waals surface area contributed by atoms with Gasteiger partial charge in [-0.2, -0.15) is 0 Å². The first-order valence-electron chi connectivity index (χ1n) is 4.52. The monoisotopic (exact) mass is 262 g/mol. The standard InChI is InChI=1S/C6H9NO4.C4H7NO.H2O/c1-7(2)11-6(10)4-3-5(8)9;1-2-3-4(5)6;/h3-4H,1-2H3,(H,8,9);2-3H,1H3,(H2,5,6);1H2/b4-3-;3-2+;. The highest BCUT2D eigenvalue weighted by molar-refractivity contribution is 5.90. The normalized spacial score (nSPS) is 9.56. The van der Waals surface area contributed by atoms with Crippen molar-refractivity contribution >= 4 is 17.8 Å². The van der Waals surface area contributed by atoms with Gasteiger partial charge in [0.2, 0.25) is 5.91 Å². The third-order valence-corrected chi connectivity index (χ3v) is 0.965. The lowest BCUT2D eigenvalue weighted by molar-refractivity contribution is -0.171. The molecule has 5 N–H and O–H groups in total. The summed E-state index contributed by atoms with van der Waals surface area (Å²) in [6.07, 6.45) is 4.45. The molecule has 0 saturated carbocycles. The maximum Gasteiger partial charge on any atom is 0.349 e. The molecule has 0 spiro atoms. The zero-order valence-corrected chi connectivity index (χ0v) is 10.4. The first-order chi connectivity index (χ1) is 7.79. The Kier molecular flexibility index (Phi) is 15.1. The van der Waals surface area contributed by atoms with E-state index in [1.54, 1.807) is 13.0 Å². The minimum absolute atomic E-state index is 0. The Morgan fingerprint density at radius 3 is 1.89 bits per heavy atom. The number of allylic oxidation sites excluding steroid dienone is 1. The fourth-order valence-corrected chi connectivity index (χ4v) is 0.514. The zero-order valence-electron chi connectivity index (χ0n) is 10.4. The first-order valence-corrected chi connectivity index (χ1v) is 4.52. The molecular weight excluding hydrogens is 244 g/mol. The van der Waals surface area contributed by atoms with Crippen LogP contribution in [-0.4, -0.2) is 47.6 Å². The van der Waals surface area contributed by atoms with Gasteiger partial charge in [-0.25, -0.2) is 9.59 Å². The quantitative estimate of drug-likeness (QED) is 0.485. The number of amides is 1. The Labute approximate surface area is 105 Å². The van der Waals surface area contributed by atoms with E-state index in [9.17, 15) is 14.4 Å². The van der Waals surface area contributed by atoms with Crippen molar-refractivity contribution in [2.45, 2.75) is 6.92 Å². The number of carboxylic acid groups (broad SMARTS) is 1. The van der Waals surface area contributed by atoms with Gasteiger partial charge in [-0.15, -0.1) is 5.06 Å². The summed E-state index contributed by atoms with van der Waals surface area (Å²) in [6.45, 7) is 1.74. The molecule has 0 aromatic carbocycles. The van der Waals surface area contributed by atoms with Gasteiger partial charge >= 0.3 is 11.9 Å². The summed E-state index contributed by atoms with van der Waals surface area (Å²) in [6, 6.07) is 0. The summed E-state index contributed by atoms with van der Waals surface area (Å²) in [5.74, 6) is -2.28. The van der Waals surface area contributed by atoms with E-state index in [0.29, 0.717) is 6.08 Å². The number of carboxylic acids is 1. The number of carbonyl (C=O) groups is 3. The summed E-state index contributed by atoms with van der Waals surface area (Å²) in [5.41, 5.74) is 4.68. The van der Waals surface area contributed by atoms with Gasteiger partial charge in [0.15, 0.2) is 0 Å². The SMILES string of the molecule is C/C=C/C(N)=O.CN(C)OC(=O)/C=C\C(=O)O.O. The smallest absolute Gasteiger partial charge is 0.349 e. The second kappa shape index (κ2) is 12.9. The van der Waals surface area contributed by atoms with Crippen molar-refractivity contribution in [3.05, 3.63) is 24.3 Å². The van der Waals surface area contributed by atoms with Crippen molar-refractivity contribution in [3.63, 3.8) is 0 Å². The molecule has 0 aliphatic carbocycles. The van der Waals surface area contributed by atoms with Crippen LogP contribution < -0.4 is 5.73 Å². The number of hydroxylamine groups is 2. The molecule has 18 heavy (non-hydrogen) atoms. The van der Waals surface area contributed by atoms with Crippen LogP contribution in [0, 0.1) is 0 Å². The molecule has 0 aliphatic rings. The van der Waals surface area contributed by atoms with Gasteiger partial charge in [0.25, 0.3) is 0 Å². The minimum Gasteiger partial charge on any atom is -0.478 e. The highest BCUT2D eigenvalue weighted by Gasteiger charge is 1.98. The zero-order chi connectivity index (χ0) is 13.8. The van der Waals surface area contributed by atoms with Crippen LogP contribution in [0.4, 0.5) is 0 Å². The number of rotatable bonds is 4. The molecule has 0 aliphatic heterocycles. The van der Waals surface area contributed by atoms with E-state index in [0.717, 1.165) is 6.08 Å². The maximum absolute atomic E-state index is 10.5. The van der Waals surface area contributed by atoms with Crippen LogP contribution in [0.1, 0.15) is 6.92 Å². The number of nitrogens with zero attached hydrogens (tertiary/aromatic N) is 1. The minimum atomic E-state index is -1.18. The van der Waals surface area contributed by atoms with Crippen LogP contribution in [0.25, 0.3) is 0 Å². The van der Waals surface area contributed by atoms with Crippen LogP contribution in [0.2, 0.25) is 0 Å². The third-order valence-electron chi connectivity index (χ3n) is 0.965. The van der Waals surface area contributed by atoms with E-state index < -0.39 is 17.8 Å². The third kappa shape index (κ3) is 23.5. The lowest BCUT2D eigenvalue weighted by atomic mass is 10.5. The summed E-state index contributed by atoms with van der Waals surface area (Å²) in [7, 11) is 3.04. The molecule has 0 bridgehead atoms. The summed E-state index contributed by atoms with van der Waals surface area (Å²) in [5, 5.41) is 9.26. The fourth-order valence-electron chi connectivity index (χ4n) is 0.514. The van der Waals surface area contributed by atoms with E-state index in [1.165, 1.54) is 25.2 Å². The van der Waals surface area contributed by atoms with E-state index in [1.807, 2.05) is 0 Å². The lowest BCUT2D eigenvalue weighted by Gasteiger charge is -2.06. The molecule has 0 fully saturated rings. The van der Waals surface area contributed by atoms with Crippen molar-refractivity contribution < 1.29 is 29.8 Å². The summed E-state index contributed by atoms with van der Waals surface area (Å²) >= 11 is 0. The molecule has 1 amide bonds. The number of hydrogen-bond donors (Lipinski definition) is 2. The molecule has 0 atom stereocenters. The van der Waals surface area contributed by atoms with Gasteiger partial charge in [-0.05, 0) is 13.0 Å². The highest BCUT2D eigenvalue weighted by atomic mass is 16.7. The van der Waals surface area contributed by atoms with Crippen molar-refractivity contribution in [3.8, 4) is 0 Å². The number of primary amides is 1. The van der Waals surface area contributed by atoms with Crippen LogP contribution in [0.15, 0.2) is 24.3 Å². The van der Waals surface area contributed by atoms with E-state index in [2.05, 4.69) is 10.6 Å². The average Bonchev–Trinajstić information content (AvgIpc) is 2.14. The fraction of sp³-hybridized carbons (Fsp3) is 0.300. The Bertz CT molecular complexity index is 322. The molecule has 0 unspecified atom stereocenters. The molecule has 0 aromatic rings. The van der Waals surface area contributed by atoms with Crippen LogP contribution in [0.3, 0.4) is 0 Å². The number of carbonyl (C=O) groups excluding carboxylic acids is 2. The molecule has 104 valence electrons. The lowest BCUT2D eigenvalue weighted by Crippen LogP contribution is -2.16. The molecule has 0 radical (unpaired) electrons. The van der Waals surface area contributed by atoms with E-state index >= 15 is 0 Å². The van der Waals surface area contributed by atoms with Crippen molar-refractivity contribution in [1.82, 2.24) is 5.06 Å². The topological polar surface area (TPSA) is 141 Å². The number of nitrogens with two attached hydrogens (primary N) is 1. The van der Waals surface area contributed by atoms with Gasteiger partial charge in [-0.1, -0.05) is 6.08 Å². The predicted octanol–water partition coefficient (Wildman–Crippen LogP) is -1.13. The Morgan fingerprint density at radius 1 is 1.17 bits per heavy atom. The van der Waals surface area contributed by atoms with Gasteiger partial charge in [0.1, 0.15) is 0 Å². The summed E-state index contributed by atoms with van der Waals surface area (Å²) < 4.78 is 0. The first kappa shape index (κ1) is 21.1. The number of hydrogen-bond acceptors (Lipinski definition) is 5. The van der Waals surface area contributed by atoms with Crippen molar-refractivity contribution in [2.75, 3.05) is 14.1 Å². The Morgan fingerprint density at radius 2 is 1.67 bits per heavy atom. The molecular formula is C10H18N2O6. The largest absolute Gasteiger partial charge is 0.478 e. The highest BCUT2D eigenvalue weighted by Crippen LogP contribution is 1.83. The molecule has 0 aromatic heterocycles. The molecule has 8 nitrogen and oxygen atoms in total. The van der Waals surface area contributed by atoms with Crippen LogP contribution >= 0.6 is 0 Å². The molecule has 0 rings (SSSR count). The van der Waals surface area contributed by atoms with Gasteiger partial charge in [0, 0.05) is 26.2 Å². The second-order valence-corrected chi connectivity index (χ2v) is 2.80.